The molecule has 1 aliphatic heterocycles. The first-order valence-electron chi connectivity index (χ1n) is 14.3. The van der Waals surface area contributed by atoms with Crippen molar-refractivity contribution in [3.05, 3.63) is 83.6 Å². The van der Waals surface area contributed by atoms with Crippen molar-refractivity contribution >= 4 is 34.9 Å². The number of nitrogens with zero attached hydrogens (tertiary/aromatic N) is 3. The predicted molar refractivity (Wildman–Crippen MR) is 170 cm³/mol. The van der Waals surface area contributed by atoms with Crippen molar-refractivity contribution in [1.29, 1.82) is 5.41 Å². The van der Waals surface area contributed by atoms with Crippen molar-refractivity contribution in [2.45, 2.75) is 44.1 Å². The van der Waals surface area contributed by atoms with E-state index in [1.165, 1.54) is 12.1 Å². The molecule has 4 aromatic rings. The normalized spacial score (nSPS) is 15.9. The molecule has 2 aromatic heterocycles. The number of hydrogen-bond acceptors (Lipinski definition) is 9. The monoisotopic (exact) mass is 624 g/mol. The number of hydrogen-bond donors (Lipinski definition) is 5. The lowest BCUT2D eigenvalue weighted by Gasteiger charge is -2.20. The van der Waals surface area contributed by atoms with E-state index in [4.69, 9.17) is 10.5 Å². The fourth-order valence-electron chi connectivity index (χ4n) is 5.30. The zero-order valence-electron chi connectivity index (χ0n) is 24.4. The van der Waals surface area contributed by atoms with Gasteiger partial charge in [0.05, 0.1) is 34.9 Å². The maximum Gasteiger partial charge on any atom is 0.302 e. The third kappa shape index (κ3) is 7.11. The number of pyridine rings is 1. The van der Waals surface area contributed by atoms with Gasteiger partial charge in [-0.05, 0) is 69.1 Å². The summed E-state index contributed by atoms with van der Waals surface area (Å²) in [6.07, 6.45) is 8.03. The Balaban J connectivity index is 1.48. The average molecular weight is 625 g/mol. The van der Waals surface area contributed by atoms with E-state index in [1.54, 1.807) is 56.7 Å². The van der Waals surface area contributed by atoms with Crippen molar-refractivity contribution in [3.8, 4) is 16.9 Å². The van der Waals surface area contributed by atoms with Crippen LogP contribution in [0.5, 0.6) is 5.75 Å². The summed E-state index contributed by atoms with van der Waals surface area (Å²) in [5.74, 6) is -2.64. The first kappa shape index (κ1) is 31.2. The summed E-state index contributed by atoms with van der Waals surface area (Å²) in [5.41, 5.74) is 10.4. The van der Waals surface area contributed by atoms with Gasteiger partial charge in [0.15, 0.2) is 0 Å². The highest BCUT2D eigenvalue weighted by molar-refractivity contribution is 8.00. The van der Waals surface area contributed by atoms with Gasteiger partial charge in [-0.1, -0.05) is 18.2 Å². The van der Waals surface area contributed by atoms with Gasteiger partial charge in [0.25, 0.3) is 0 Å². The van der Waals surface area contributed by atoms with Crippen molar-refractivity contribution in [2.75, 3.05) is 35.9 Å². The maximum atomic E-state index is 13.5. The number of rotatable bonds is 11. The Morgan fingerprint density at radius 1 is 1.16 bits per heavy atom. The fraction of sp³-hybridized carbons (Fsp3) is 0.323. The van der Waals surface area contributed by atoms with E-state index in [-0.39, 0.29) is 35.0 Å². The van der Waals surface area contributed by atoms with E-state index in [1.807, 2.05) is 10.9 Å². The molecule has 0 amide bonds. The Morgan fingerprint density at radius 3 is 2.70 bits per heavy atom. The molecule has 0 spiro atoms. The van der Waals surface area contributed by atoms with Crippen LogP contribution in [0.1, 0.15) is 55.0 Å². The van der Waals surface area contributed by atoms with Gasteiger partial charge >= 0.3 is 5.76 Å². The van der Waals surface area contributed by atoms with Gasteiger partial charge in [0, 0.05) is 48.1 Å². The topological polar surface area (TPSA) is 126 Å². The standard InChI is InChI=1S/C31H35F3N8OS/c1-18(19-5-8-22(32)9-6-19)43-26-14-20(7-10-25(26)41-44-31(33)34)28(35)27-29(37-2)24(16-39-30(27)36)21-15-40-42(17-21)23-4-3-12-38-13-11-23/h5-10,14-18,23,31,35,38,41H,3-4,11-13H2,1-2H3,(H3,36,37,39). The minimum atomic E-state index is -2.66. The van der Waals surface area contributed by atoms with E-state index in [2.05, 4.69) is 25.4 Å². The molecule has 6 N–H and O–H groups in total. The number of nitrogens with one attached hydrogen (secondary N) is 4. The molecule has 1 fully saturated rings. The zero-order chi connectivity index (χ0) is 31.2. The van der Waals surface area contributed by atoms with Crippen LogP contribution < -0.4 is 25.8 Å². The van der Waals surface area contributed by atoms with Gasteiger partial charge < -0.3 is 25.8 Å². The Labute approximate surface area is 258 Å². The van der Waals surface area contributed by atoms with Gasteiger partial charge in [-0.15, -0.1) is 0 Å². The first-order chi connectivity index (χ1) is 21.2. The summed E-state index contributed by atoms with van der Waals surface area (Å²) in [6, 6.07) is 10.9. The van der Waals surface area contributed by atoms with E-state index in [0.29, 0.717) is 34.1 Å². The highest BCUT2D eigenvalue weighted by Gasteiger charge is 2.23. The molecular formula is C31H35F3N8OS. The van der Waals surface area contributed by atoms with E-state index in [9.17, 15) is 18.6 Å². The third-order valence-electron chi connectivity index (χ3n) is 7.61. The molecule has 0 bridgehead atoms. The molecule has 0 aliphatic carbocycles. The van der Waals surface area contributed by atoms with Gasteiger partial charge in [-0.25, -0.2) is 9.37 Å². The van der Waals surface area contributed by atoms with Crippen LogP contribution in [-0.4, -0.2) is 46.4 Å². The average Bonchev–Trinajstić information content (AvgIpc) is 3.34. The minimum Gasteiger partial charge on any atom is -0.484 e. The Kier molecular flexibility index (Phi) is 9.95. The second-order valence-corrected chi connectivity index (χ2v) is 11.3. The van der Waals surface area contributed by atoms with Crippen LogP contribution in [0.4, 0.5) is 30.4 Å². The largest absolute Gasteiger partial charge is 0.484 e. The Morgan fingerprint density at radius 2 is 1.95 bits per heavy atom. The van der Waals surface area contributed by atoms with Crippen molar-refractivity contribution in [2.24, 2.45) is 0 Å². The molecule has 0 radical (unpaired) electrons. The smallest absolute Gasteiger partial charge is 0.302 e. The van der Waals surface area contributed by atoms with Crippen molar-refractivity contribution in [1.82, 2.24) is 20.1 Å². The minimum absolute atomic E-state index is 0.0655. The molecule has 5 rings (SSSR count). The van der Waals surface area contributed by atoms with Crippen LogP contribution in [0, 0.1) is 11.2 Å². The van der Waals surface area contributed by atoms with E-state index < -0.39 is 11.9 Å². The quantitative estimate of drug-likeness (QED) is 0.0905. The van der Waals surface area contributed by atoms with Crippen molar-refractivity contribution < 1.29 is 17.9 Å². The SMILES string of the molecule is CNc1c(-c2cnn(C3CCCNCC3)c2)cnc(N)c1C(=N)c1ccc(NSC(F)F)c(OC(C)c2ccc(F)cc2)c1. The number of anilines is 3. The molecule has 1 saturated heterocycles. The fourth-order valence-corrected chi connectivity index (χ4v) is 5.69. The number of halogens is 3. The van der Waals surface area contributed by atoms with Gasteiger partial charge in [-0.2, -0.15) is 13.9 Å². The molecule has 2 atom stereocenters. The van der Waals surface area contributed by atoms with Gasteiger partial charge in [0.2, 0.25) is 0 Å². The molecular weight excluding hydrogens is 589 g/mol. The summed E-state index contributed by atoms with van der Waals surface area (Å²) < 4.78 is 50.3. The van der Waals surface area contributed by atoms with Crippen molar-refractivity contribution in [3.63, 3.8) is 0 Å². The maximum absolute atomic E-state index is 13.5. The molecule has 9 nitrogen and oxygen atoms in total. The number of nitrogen functional groups attached to an aromatic ring is 1. The predicted octanol–water partition coefficient (Wildman–Crippen LogP) is 6.86. The number of nitrogens with two attached hydrogens (primary N) is 1. The van der Waals surface area contributed by atoms with Crippen LogP contribution in [0.2, 0.25) is 0 Å². The molecule has 3 heterocycles. The van der Waals surface area contributed by atoms with Crippen LogP contribution >= 0.6 is 11.9 Å². The summed E-state index contributed by atoms with van der Waals surface area (Å²) in [4.78, 5) is 4.42. The highest BCUT2D eigenvalue weighted by Crippen LogP contribution is 2.38. The number of aromatic nitrogens is 3. The molecule has 232 valence electrons. The third-order valence-corrected chi connectivity index (χ3v) is 8.13. The molecule has 2 aromatic carbocycles. The molecule has 2 unspecified atom stereocenters. The molecule has 0 saturated carbocycles. The van der Waals surface area contributed by atoms with Crippen LogP contribution in [0.15, 0.2) is 61.1 Å². The number of alkyl halides is 2. The number of benzene rings is 2. The Hall–Kier alpha value is -4.23. The number of ether oxygens (including phenoxy) is 1. The van der Waals surface area contributed by atoms with Crippen LogP contribution in [-0.2, 0) is 0 Å². The summed E-state index contributed by atoms with van der Waals surface area (Å²) in [5, 5.41) is 20.5. The Bertz CT molecular complexity index is 1590. The second-order valence-electron chi connectivity index (χ2n) is 10.5. The van der Waals surface area contributed by atoms with E-state index >= 15 is 0 Å². The van der Waals surface area contributed by atoms with Gasteiger partial charge in [-0.3, -0.25) is 10.1 Å². The molecule has 1 aliphatic rings. The van der Waals surface area contributed by atoms with Gasteiger partial charge in [0.1, 0.15) is 23.5 Å². The summed E-state index contributed by atoms with van der Waals surface area (Å²) in [7, 11) is 1.75. The van der Waals surface area contributed by atoms with Crippen LogP contribution in [0.25, 0.3) is 11.1 Å². The summed E-state index contributed by atoms with van der Waals surface area (Å²) >= 11 is 0.237. The van der Waals surface area contributed by atoms with Crippen LogP contribution in [0.3, 0.4) is 0 Å². The lowest BCUT2D eigenvalue weighted by atomic mass is 9.97. The van der Waals surface area contributed by atoms with E-state index in [0.717, 1.165) is 43.5 Å². The summed E-state index contributed by atoms with van der Waals surface area (Å²) in [6.45, 7) is 3.71. The first-order valence-corrected chi connectivity index (χ1v) is 15.2. The lowest BCUT2D eigenvalue weighted by molar-refractivity contribution is 0.228. The second kappa shape index (κ2) is 14.0. The molecule has 44 heavy (non-hydrogen) atoms. The zero-order valence-corrected chi connectivity index (χ0v) is 25.2. The lowest BCUT2D eigenvalue weighted by Crippen LogP contribution is -2.15. The molecule has 13 heteroatoms. The highest BCUT2D eigenvalue weighted by atomic mass is 32.2.